The van der Waals surface area contributed by atoms with Gasteiger partial charge in [0.1, 0.15) is 0 Å². The van der Waals surface area contributed by atoms with Gasteiger partial charge in [-0.15, -0.1) is 0 Å². The third kappa shape index (κ3) is 4.65. The molecule has 1 amide bonds. The summed E-state index contributed by atoms with van der Waals surface area (Å²) in [7, 11) is 0. The van der Waals surface area contributed by atoms with Crippen molar-refractivity contribution in [2.24, 2.45) is 0 Å². The Bertz CT molecular complexity index is 564. The van der Waals surface area contributed by atoms with Gasteiger partial charge in [0.15, 0.2) is 0 Å². The van der Waals surface area contributed by atoms with Gasteiger partial charge in [0, 0.05) is 38.6 Å². The van der Waals surface area contributed by atoms with Gasteiger partial charge < -0.3 is 4.90 Å². The van der Waals surface area contributed by atoms with Gasteiger partial charge in [0.25, 0.3) is 0 Å². The number of hydrogen-bond donors (Lipinski definition) is 0. The van der Waals surface area contributed by atoms with Crippen LogP contribution in [0.2, 0.25) is 10.0 Å². The van der Waals surface area contributed by atoms with Crippen LogP contribution in [0.4, 0.5) is 0 Å². The smallest absolute Gasteiger partial charge is 0.222 e. The zero-order chi connectivity index (χ0) is 16.9. The molecule has 132 valence electrons. The summed E-state index contributed by atoms with van der Waals surface area (Å²) in [5, 5.41) is 1.17. The second-order valence-electron chi connectivity index (χ2n) is 6.96. The normalized spacial score (nSPS) is 19.8. The summed E-state index contributed by atoms with van der Waals surface area (Å²) < 4.78 is 0. The van der Waals surface area contributed by atoms with Gasteiger partial charge in [-0.2, -0.15) is 0 Å². The maximum atomic E-state index is 12.4. The molecule has 3 rings (SSSR count). The standard InChI is InChI=1S/C19H26Cl2N2O/c20-17-9-8-15(14-18(17)21)4-3-7-19(24)23-12-10-22(11-13-23)16-5-1-2-6-16/h8-9,14,16H,1-7,10-13H2. The van der Waals surface area contributed by atoms with Crippen LogP contribution in [-0.2, 0) is 11.2 Å². The molecule has 0 atom stereocenters. The van der Waals surface area contributed by atoms with Gasteiger partial charge in [-0.05, 0) is 43.4 Å². The van der Waals surface area contributed by atoms with E-state index in [2.05, 4.69) is 4.90 Å². The molecular weight excluding hydrogens is 343 g/mol. The number of benzene rings is 1. The SMILES string of the molecule is O=C(CCCc1ccc(Cl)c(Cl)c1)N1CCN(C2CCCC2)CC1. The van der Waals surface area contributed by atoms with E-state index in [1.807, 2.05) is 23.1 Å². The van der Waals surface area contributed by atoms with Crippen molar-refractivity contribution >= 4 is 29.1 Å². The first-order valence-corrected chi connectivity index (χ1v) is 9.85. The predicted octanol–water partition coefficient (Wildman–Crippen LogP) is 4.40. The minimum atomic E-state index is 0.293. The molecule has 1 aliphatic carbocycles. The van der Waals surface area contributed by atoms with Crippen molar-refractivity contribution in [2.75, 3.05) is 26.2 Å². The third-order valence-corrected chi connectivity index (χ3v) is 6.09. The summed E-state index contributed by atoms with van der Waals surface area (Å²) in [4.78, 5) is 17.0. The Balaban J connectivity index is 1.38. The Morgan fingerprint density at radius 1 is 1.04 bits per heavy atom. The molecule has 3 nitrogen and oxygen atoms in total. The average molecular weight is 369 g/mol. The Kier molecular flexibility index (Phi) is 6.43. The average Bonchev–Trinajstić information content (AvgIpc) is 3.13. The zero-order valence-electron chi connectivity index (χ0n) is 14.1. The molecule has 1 aromatic carbocycles. The van der Waals surface area contributed by atoms with E-state index in [-0.39, 0.29) is 0 Å². The van der Waals surface area contributed by atoms with Gasteiger partial charge in [0.05, 0.1) is 10.0 Å². The molecule has 1 saturated heterocycles. The monoisotopic (exact) mass is 368 g/mol. The number of nitrogens with zero attached hydrogens (tertiary/aromatic N) is 2. The van der Waals surface area contributed by atoms with Crippen molar-refractivity contribution in [3.05, 3.63) is 33.8 Å². The summed E-state index contributed by atoms with van der Waals surface area (Å²) in [5.41, 5.74) is 1.14. The lowest BCUT2D eigenvalue weighted by Gasteiger charge is -2.38. The number of carbonyl (C=O) groups is 1. The van der Waals surface area contributed by atoms with Crippen LogP contribution < -0.4 is 0 Å². The Morgan fingerprint density at radius 3 is 2.42 bits per heavy atom. The lowest BCUT2D eigenvalue weighted by molar-refractivity contribution is -0.133. The molecule has 1 aromatic rings. The first kappa shape index (κ1) is 18.0. The number of carbonyl (C=O) groups excluding carboxylic acids is 1. The number of halogens is 2. The number of hydrogen-bond acceptors (Lipinski definition) is 2. The van der Waals surface area contributed by atoms with E-state index < -0.39 is 0 Å². The van der Waals surface area contributed by atoms with E-state index in [1.54, 1.807) is 0 Å². The Labute approximate surface area is 154 Å². The molecule has 0 aromatic heterocycles. The Hall–Kier alpha value is -0.770. The van der Waals surface area contributed by atoms with Gasteiger partial charge >= 0.3 is 0 Å². The largest absolute Gasteiger partial charge is 0.340 e. The van der Waals surface area contributed by atoms with Gasteiger partial charge in [-0.1, -0.05) is 42.1 Å². The van der Waals surface area contributed by atoms with Crippen LogP contribution in [0.15, 0.2) is 18.2 Å². The van der Waals surface area contributed by atoms with E-state index in [9.17, 15) is 4.79 Å². The fourth-order valence-corrected chi connectivity index (χ4v) is 4.22. The van der Waals surface area contributed by atoms with Crippen LogP contribution in [0.1, 0.15) is 44.1 Å². The fraction of sp³-hybridized carbons (Fsp3) is 0.632. The van der Waals surface area contributed by atoms with E-state index in [0.29, 0.717) is 22.4 Å². The quantitative estimate of drug-likeness (QED) is 0.768. The van der Waals surface area contributed by atoms with Crippen LogP contribution in [0.3, 0.4) is 0 Å². The summed E-state index contributed by atoms with van der Waals surface area (Å²) in [6, 6.07) is 6.48. The highest BCUT2D eigenvalue weighted by Gasteiger charge is 2.27. The van der Waals surface area contributed by atoms with Crippen LogP contribution in [0, 0.1) is 0 Å². The van der Waals surface area contributed by atoms with Gasteiger partial charge in [-0.3, -0.25) is 9.69 Å². The second kappa shape index (κ2) is 8.55. The summed E-state index contributed by atoms with van der Waals surface area (Å²) in [6.45, 7) is 3.87. The lowest BCUT2D eigenvalue weighted by atomic mass is 10.1. The maximum Gasteiger partial charge on any atom is 0.222 e. The fourth-order valence-electron chi connectivity index (χ4n) is 3.90. The van der Waals surface area contributed by atoms with Crippen molar-refractivity contribution in [1.29, 1.82) is 0 Å². The highest BCUT2D eigenvalue weighted by atomic mass is 35.5. The van der Waals surface area contributed by atoms with Crippen LogP contribution in [0.5, 0.6) is 0 Å². The first-order valence-electron chi connectivity index (χ1n) is 9.09. The van der Waals surface area contributed by atoms with Crippen molar-refractivity contribution in [3.63, 3.8) is 0 Å². The van der Waals surface area contributed by atoms with E-state index in [1.165, 1.54) is 25.7 Å². The minimum absolute atomic E-state index is 0.293. The van der Waals surface area contributed by atoms with E-state index in [4.69, 9.17) is 23.2 Å². The Morgan fingerprint density at radius 2 is 1.75 bits per heavy atom. The molecule has 1 aliphatic heterocycles. The number of amides is 1. The number of aryl methyl sites for hydroxylation is 1. The van der Waals surface area contributed by atoms with E-state index in [0.717, 1.165) is 50.6 Å². The molecule has 1 saturated carbocycles. The molecule has 2 fully saturated rings. The van der Waals surface area contributed by atoms with Crippen molar-refractivity contribution in [3.8, 4) is 0 Å². The van der Waals surface area contributed by atoms with Gasteiger partial charge in [-0.25, -0.2) is 0 Å². The van der Waals surface area contributed by atoms with Gasteiger partial charge in [0.2, 0.25) is 5.91 Å². The molecule has 0 bridgehead atoms. The zero-order valence-corrected chi connectivity index (χ0v) is 15.7. The van der Waals surface area contributed by atoms with Crippen molar-refractivity contribution < 1.29 is 4.79 Å². The molecule has 0 unspecified atom stereocenters. The van der Waals surface area contributed by atoms with Crippen LogP contribution >= 0.6 is 23.2 Å². The predicted molar refractivity (Wildman–Crippen MR) is 99.8 cm³/mol. The highest BCUT2D eigenvalue weighted by molar-refractivity contribution is 6.42. The van der Waals surface area contributed by atoms with Crippen LogP contribution in [0.25, 0.3) is 0 Å². The van der Waals surface area contributed by atoms with Crippen molar-refractivity contribution in [2.45, 2.75) is 51.0 Å². The maximum absolute atomic E-state index is 12.4. The molecular formula is C19H26Cl2N2O. The molecule has 5 heteroatoms. The summed E-state index contributed by atoms with van der Waals surface area (Å²) in [6.07, 6.45) is 7.78. The van der Waals surface area contributed by atoms with Crippen molar-refractivity contribution in [1.82, 2.24) is 9.80 Å². The molecule has 0 radical (unpaired) electrons. The van der Waals surface area contributed by atoms with E-state index >= 15 is 0 Å². The van der Waals surface area contributed by atoms with Crippen LogP contribution in [-0.4, -0.2) is 47.9 Å². The summed E-state index contributed by atoms with van der Waals surface area (Å²) >= 11 is 12.0. The second-order valence-corrected chi connectivity index (χ2v) is 7.77. The third-order valence-electron chi connectivity index (χ3n) is 5.35. The molecule has 0 N–H and O–H groups in total. The molecule has 0 spiro atoms. The molecule has 2 aliphatic rings. The highest BCUT2D eigenvalue weighted by Crippen LogP contribution is 2.25. The summed E-state index contributed by atoms with van der Waals surface area (Å²) in [5.74, 6) is 0.293. The minimum Gasteiger partial charge on any atom is -0.340 e. The topological polar surface area (TPSA) is 23.6 Å². The number of rotatable bonds is 5. The number of piperazine rings is 1. The molecule has 1 heterocycles. The first-order chi connectivity index (χ1) is 11.6. The lowest BCUT2D eigenvalue weighted by Crippen LogP contribution is -2.51. The molecule has 24 heavy (non-hydrogen) atoms.